The summed E-state index contributed by atoms with van der Waals surface area (Å²) in [6.45, 7) is 1.97. The molecule has 7 heteroatoms. The van der Waals surface area contributed by atoms with Gasteiger partial charge >= 0.3 is 5.69 Å². The minimum atomic E-state index is -0.247. The van der Waals surface area contributed by atoms with Gasteiger partial charge in [0.15, 0.2) is 0 Å². The number of rotatable bonds is 3. The van der Waals surface area contributed by atoms with Crippen molar-refractivity contribution in [1.29, 1.82) is 0 Å². The van der Waals surface area contributed by atoms with Gasteiger partial charge in [-0.25, -0.2) is 5.21 Å². The average molecular weight is 283 g/mol. The Morgan fingerprint density at radius 1 is 1.56 bits per heavy atom. The summed E-state index contributed by atoms with van der Waals surface area (Å²) < 4.78 is 0.643. The number of nitrogens with one attached hydrogen (secondary N) is 1. The van der Waals surface area contributed by atoms with Crippen LogP contribution in [-0.4, -0.2) is 21.8 Å². The van der Waals surface area contributed by atoms with Crippen molar-refractivity contribution in [2.24, 2.45) is 0 Å². The van der Waals surface area contributed by atoms with Gasteiger partial charge in [-0.1, -0.05) is 6.92 Å². The number of benzene rings is 1. The summed E-state index contributed by atoms with van der Waals surface area (Å²) in [7, 11) is 0. The third kappa shape index (κ3) is 2.23. The van der Waals surface area contributed by atoms with Crippen LogP contribution in [0.2, 0.25) is 0 Å². The second kappa shape index (κ2) is 5.03. The predicted molar refractivity (Wildman–Crippen MR) is 74.2 cm³/mol. The van der Waals surface area contributed by atoms with E-state index < -0.39 is 0 Å². The van der Waals surface area contributed by atoms with Crippen LogP contribution in [0.3, 0.4) is 0 Å². The lowest BCUT2D eigenvalue weighted by atomic mass is 10.1. The summed E-state index contributed by atoms with van der Waals surface area (Å²) in [6.07, 6.45) is 0. The lowest BCUT2D eigenvalue weighted by molar-refractivity contribution is -0.729. The Balaban J connectivity index is 2.51. The number of carbonyl (C=O) groups is 1. The normalized spacial score (nSPS) is 16.2. The summed E-state index contributed by atoms with van der Waals surface area (Å²) in [5.74, 6) is 0.567. The van der Waals surface area contributed by atoms with Crippen LogP contribution in [0.4, 0.5) is 11.4 Å². The number of thiol groups is 1. The third-order valence-electron chi connectivity index (χ3n) is 2.46. The van der Waals surface area contributed by atoms with Crippen molar-refractivity contribution < 1.29 is 14.9 Å². The van der Waals surface area contributed by atoms with E-state index in [9.17, 15) is 9.70 Å². The van der Waals surface area contributed by atoms with E-state index in [1.807, 2.05) is 6.92 Å². The molecule has 5 nitrogen and oxygen atoms in total. The molecule has 1 aliphatic heterocycles. The number of thioether (sulfide) groups is 1. The lowest BCUT2D eigenvalue weighted by Crippen LogP contribution is -2.04. The molecule has 0 saturated carbocycles. The Morgan fingerprint density at radius 2 is 2.28 bits per heavy atom. The highest BCUT2D eigenvalue weighted by Crippen LogP contribution is 2.39. The molecule has 0 aliphatic carbocycles. The highest BCUT2D eigenvalue weighted by atomic mass is 32.2. The molecule has 0 fully saturated rings. The predicted octanol–water partition coefficient (Wildman–Crippen LogP) is 2.79. The van der Waals surface area contributed by atoms with E-state index in [2.05, 4.69) is 17.9 Å². The molecule has 94 valence electrons. The highest BCUT2D eigenvalue weighted by Gasteiger charge is 2.29. The van der Waals surface area contributed by atoms with Gasteiger partial charge in [-0.2, -0.15) is 0 Å². The summed E-state index contributed by atoms with van der Waals surface area (Å²) in [6, 6.07) is 4.49. The van der Waals surface area contributed by atoms with E-state index in [0.717, 1.165) is 5.75 Å². The maximum atomic E-state index is 11.8. The molecule has 0 bridgehead atoms. The van der Waals surface area contributed by atoms with Crippen LogP contribution in [0.15, 0.2) is 22.4 Å². The third-order valence-corrected chi connectivity index (χ3v) is 3.84. The molecule has 0 spiro atoms. The Kier molecular flexibility index (Phi) is 3.63. The standard InChI is InChI=1S/C11H10N2O3S2/c1-2-18-11(17)9-7-4-3-6(13(15)16)5-8(7)12-10(9)14/h3-5H,2H2,1H3,(H2-,12,14,15,16,17)/p+1. The highest BCUT2D eigenvalue weighted by molar-refractivity contribution is 8.15. The maximum Gasteiger partial charge on any atom is 0.318 e. The Bertz CT molecular complexity index is 569. The second-order valence-corrected chi connectivity index (χ2v) is 5.59. The van der Waals surface area contributed by atoms with Crippen LogP contribution >= 0.6 is 24.4 Å². The number of nitrogens with zero attached hydrogens (tertiary/aromatic N) is 1. The number of hydrogen-bond donors (Lipinski definition) is 3. The van der Waals surface area contributed by atoms with Crippen molar-refractivity contribution in [2.75, 3.05) is 11.1 Å². The van der Waals surface area contributed by atoms with Gasteiger partial charge in [-0.3, -0.25) is 4.79 Å². The minimum absolute atomic E-state index is 0.0687. The number of anilines is 1. The first-order chi connectivity index (χ1) is 8.54. The number of fused-ring (bicyclic) bond motifs is 1. The Morgan fingerprint density at radius 3 is 2.89 bits per heavy atom. The summed E-state index contributed by atoms with van der Waals surface area (Å²) in [5, 5.41) is 11.5. The van der Waals surface area contributed by atoms with Crippen molar-refractivity contribution in [3.05, 3.63) is 32.9 Å². The quantitative estimate of drug-likeness (QED) is 0.453. The fraction of sp³-hybridized carbons (Fsp3) is 0.182. The SMILES string of the molecule is CCS/C(S)=C1\C(=O)Nc2cc([N+](=O)O)ccc21. The van der Waals surface area contributed by atoms with Crippen molar-refractivity contribution in [2.45, 2.75) is 6.92 Å². The van der Waals surface area contributed by atoms with Crippen LogP contribution in [0.5, 0.6) is 0 Å². The molecular weight excluding hydrogens is 272 g/mol. The fourth-order valence-corrected chi connectivity index (χ4v) is 2.93. The molecule has 1 amide bonds. The molecule has 1 heterocycles. The van der Waals surface area contributed by atoms with Crippen LogP contribution < -0.4 is 5.32 Å². The van der Waals surface area contributed by atoms with Gasteiger partial charge in [0.05, 0.1) is 20.4 Å². The van der Waals surface area contributed by atoms with E-state index in [0.29, 0.717) is 21.1 Å². The molecule has 18 heavy (non-hydrogen) atoms. The van der Waals surface area contributed by atoms with Gasteiger partial charge in [0.1, 0.15) is 0 Å². The first-order valence-corrected chi connectivity index (χ1v) is 6.65. The van der Waals surface area contributed by atoms with Crippen molar-refractivity contribution in [3.8, 4) is 0 Å². The lowest BCUT2D eigenvalue weighted by Gasteiger charge is -2.01. The second-order valence-electron chi connectivity index (χ2n) is 3.57. The van der Waals surface area contributed by atoms with Gasteiger partial charge < -0.3 is 5.32 Å². The maximum absolute atomic E-state index is 11.8. The summed E-state index contributed by atoms with van der Waals surface area (Å²) >= 11 is 5.78. The first kappa shape index (κ1) is 13.0. The molecule has 2 N–H and O–H groups in total. The van der Waals surface area contributed by atoms with Crippen LogP contribution in [-0.2, 0) is 4.79 Å². The van der Waals surface area contributed by atoms with Gasteiger partial charge in [0, 0.05) is 17.7 Å². The summed E-state index contributed by atoms with van der Waals surface area (Å²) in [5.41, 5.74) is 1.77. The first-order valence-electron chi connectivity index (χ1n) is 5.22. The van der Waals surface area contributed by atoms with Crippen LogP contribution in [0.25, 0.3) is 5.57 Å². The van der Waals surface area contributed by atoms with Gasteiger partial charge in [-0.15, -0.1) is 24.4 Å². The zero-order valence-corrected chi connectivity index (χ0v) is 11.2. The molecule has 2 rings (SSSR count). The van der Waals surface area contributed by atoms with Crippen molar-refractivity contribution in [1.82, 2.24) is 0 Å². The monoisotopic (exact) mass is 283 g/mol. The molecule has 1 aromatic carbocycles. The molecule has 0 unspecified atom stereocenters. The van der Waals surface area contributed by atoms with E-state index in [-0.39, 0.29) is 16.5 Å². The van der Waals surface area contributed by atoms with Crippen molar-refractivity contribution in [3.63, 3.8) is 0 Å². The largest absolute Gasteiger partial charge is 0.321 e. The Hall–Kier alpha value is -1.47. The van der Waals surface area contributed by atoms with Crippen LogP contribution in [0.1, 0.15) is 12.5 Å². The average Bonchev–Trinajstić information content (AvgIpc) is 2.63. The zero-order chi connectivity index (χ0) is 13.3. The van der Waals surface area contributed by atoms with E-state index in [1.165, 1.54) is 23.9 Å². The Labute approximate surface area is 113 Å². The van der Waals surface area contributed by atoms with Crippen molar-refractivity contribution >= 4 is 47.2 Å². The molecule has 1 aromatic rings. The van der Waals surface area contributed by atoms with E-state index >= 15 is 0 Å². The smallest absolute Gasteiger partial charge is 0.318 e. The summed E-state index contributed by atoms with van der Waals surface area (Å²) in [4.78, 5) is 22.4. The van der Waals surface area contributed by atoms with Gasteiger partial charge in [0.2, 0.25) is 0 Å². The molecular formula is C11H11N2O3S2+. The fourth-order valence-electron chi connectivity index (χ4n) is 1.70. The molecule has 0 atom stereocenters. The van der Waals surface area contributed by atoms with Gasteiger partial charge in [-0.05, 0) is 11.8 Å². The number of amides is 1. The zero-order valence-electron chi connectivity index (χ0n) is 9.51. The van der Waals surface area contributed by atoms with E-state index in [4.69, 9.17) is 5.21 Å². The molecule has 0 radical (unpaired) electrons. The van der Waals surface area contributed by atoms with Crippen LogP contribution in [0, 0.1) is 4.91 Å². The van der Waals surface area contributed by atoms with Gasteiger partial charge in [0.25, 0.3) is 10.8 Å². The molecule has 1 aliphatic rings. The molecule has 0 saturated heterocycles. The number of carbonyl (C=O) groups excluding carboxylic acids is 1. The van der Waals surface area contributed by atoms with E-state index in [1.54, 1.807) is 6.07 Å². The molecule has 0 aromatic heterocycles. The topological polar surface area (TPSA) is 69.4 Å². The number of hydrogen-bond acceptors (Lipinski definition) is 4. The minimum Gasteiger partial charge on any atom is -0.321 e.